The quantitative estimate of drug-likeness (QED) is 0.684. The summed E-state index contributed by atoms with van der Waals surface area (Å²) in [6.45, 7) is 0. The number of anilines is 1. The largest absolute Gasteiger partial charge is 0.368 e. The molecule has 0 aliphatic heterocycles. The second kappa shape index (κ2) is 4.14. The van der Waals surface area contributed by atoms with Gasteiger partial charge in [-0.15, -0.1) is 0 Å². The minimum Gasteiger partial charge on any atom is -0.368 e. The summed E-state index contributed by atoms with van der Waals surface area (Å²) in [6.07, 6.45) is 9.78. The topological polar surface area (TPSA) is 3.24 Å². The summed E-state index contributed by atoms with van der Waals surface area (Å²) in [5, 5.41) is 0. The van der Waals surface area contributed by atoms with E-state index < -0.39 is 0 Å². The zero-order valence-corrected chi connectivity index (χ0v) is 8.43. The minimum absolute atomic E-state index is 0.502. The maximum atomic E-state index is 2.31. The first-order chi connectivity index (χ1) is 6.88. The molecule has 1 heteroatoms. The van der Waals surface area contributed by atoms with E-state index >= 15 is 0 Å². The summed E-state index contributed by atoms with van der Waals surface area (Å²) in [5.41, 5.74) is 1.28. The van der Waals surface area contributed by atoms with Gasteiger partial charge in [0.2, 0.25) is 0 Å². The third-order valence-electron chi connectivity index (χ3n) is 2.62. The molecule has 0 aromatic heterocycles. The van der Waals surface area contributed by atoms with E-state index in [2.05, 4.69) is 60.5 Å². The highest BCUT2D eigenvalue weighted by Gasteiger charge is 2.11. The molecule has 0 saturated heterocycles. The first-order valence-electron chi connectivity index (χ1n) is 4.99. The van der Waals surface area contributed by atoms with Crippen LogP contribution in [0.25, 0.3) is 0 Å². The van der Waals surface area contributed by atoms with E-state index in [0.29, 0.717) is 6.04 Å². The lowest BCUT2D eigenvalue weighted by Crippen LogP contribution is -2.29. The average molecular weight is 185 g/mol. The summed E-state index contributed by atoms with van der Waals surface area (Å²) < 4.78 is 0. The first-order valence-corrected chi connectivity index (χ1v) is 4.99. The molecule has 0 radical (unpaired) electrons. The third-order valence-corrected chi connectivity index (χ3v) is 2.62. The van der Waals surface area contributed by atoms with Crippen LogP contribution >= 0.6 is 0 Å². The van der Waals surface area contributed by atoms with Crippen LogP contribution in [0.3, 0.4) is 0 Å². The molecule has 0 bridgehead atoms. The number of hydrogen-bond donors (Lipinski definition) is 0. The first kappa shape index (κ1) is 9.07. The summed E-state index contributed by atoms with van der Waals surface area (Å²) in [6, 6.07) is 11.0. The van der Waals surface area contributed by atoms with E-state index in [4.69, 9.17) is 0 Å². The van der Waals surface area contributed by atoms with Gasteiger partial charge in [0.15, 0.2) is 0 Å². The van der Waals surface area contributed by atoms with E-state index in [1.165, 1.54) is 5.69 Å². The molecule has 2 rings (SSSR count). The molecule has 1 atom stereocenters. The number of hydrogen-bond acceptors (Lipinski definition) is 1. The van der Waals surface area contributed by atoms with Crippen molar-refractivity contribution in [3.05, 3.63) is 54.6 Å². The molecule has 1 aliphatic carbocycles. The Hall–Kier alpha value is -1.50. The lowest BCUT2D eigenvalue weighted by atomic mass is 10.1. The van der Waals surface area contributed by atoms with Crippen LogP contribution in [-0.4, -0.2) is 13.1 Å². The van der Waals surface area contributed by atoms with E-state index in [9.17, 15) is 0 Å². The third kappa shape index (κ3) is 1.87. The molecule has 0 fully saturated rings. The van der Waals surface area contributed by atoms with Gasteiger partial charge in [0.25, 0.3) is 0 Å². The van der Waals surface area contributed by atoms with Crippen molar-refractivity contribution in [2.24, 2.45) is 0 Å². The van der Waals surface area contributed by atoms with Gasteiger partial charge in [0, 0.05) is 12.7 Å². The molecule has 1 aromatic rings. The zero-order valence-electron chi connectivity index (χ0n) is 8.43. The lowest BCUT2D eigenvalue weighted by molar-refractivity contribution is 0.754. The Labute approximate surface area is 85.4 Å². The van der Waals surface area contributed by atoms with Crippen molar-refractivity contribution in [2.45, 2.75) is 12.5 Å². The predicted molar refractivity (Wildman–Crippen MR) is 61.5 cm³/mol. The van der Waals surface area contributed by atoms with Gasteiger partial charge in [0.1, 0.15) is 0 Å². The number of allylic oxidation sites excluding steroid dienone is 2. The maximum absolute atomic E-state index is 2.31. The molecule has 1 nitrogen and oxygen atoms in total. The van der Waals surface area contributed by atoms with Crippen LogP contribution < -0.4 is 4.90 Å². The molecular formula is C13H15N. The normalized spacial score (nSPS) is 19.6. The summed E-state index contributed by atoms with van der Waals surface area (Å²) in [7, 11) is 2.14. The molecule has 72 valence electrons. The van der Waals surface area contributed by atoms with Gasteiger partial charge in [-0.1, -0.05) is 42.5 Å². The van der Waals surface area contributed by atoms with Crippen LogP contribution in [0.5, 0.6) is 0 Å². The number of rotatable bonds is 2. The SMILES string of the molecule is CN(c1ccccc1)C1C=CC=CC1. The Kier molecular flexibility index (Phi) is 2.68. The van der Waals surface area contributed by atoms with Crippen molar-refractivity contribution in [3.63, 3.8) is 0 Å². The lowest BCUT2D eigenvalue weighted by Gasteiger charge is -2.28. The van der Waals surface area contributed by atoms with E-state index in [-0.39, 0.29) is 0 Å². The Bertz CT molecular complexity index is 338. The van der Waals surface area contributed by atoms with Crippen LogP contribution in [0.4, 0.5) is 5.69 Å². The zero-order chi connectivity index (χ0) is 9.80. The smallest absolute Gasteiger partial charge is 0.0507 e. The van der Waals surface area contributed by atoms with E-state index in [1.54, 1.807) is 0 Å². The van der Waals surface area contributed by atoms with Gasteiger partial charge in [0.05, 0.1) is 6.04 Å². The highest BCUT2D eigenvalue weighted by atomic mass is 15.1. The van der Waals surface area contributed by atoms with Crippen molar-refractivity contribution in [1.29, 1.82) is 0 Å². The van der Waals surface area contributed by atoms with Crippen molar-refractivity contribution >= 4 is 5.69 Å². The highest BCUT2D eigenvalue weighted by Crippen LogP contribution is 2.18. The Morgan fingerprint density at radius 1 is 1.14 bits per heavy atom. The number of para-hydroxylation sites is 1. The molecule has 0 heterocycles. The second-order valence-corrected chi connectivity index (χ2v) is 3.56. The Morgan fingerprint density at radius 2 is 1.93 bits per heavy atom. The van der Waals surface area contributed by atoms with Gasteiger partial charge >= 0.3 is 0 Å². The summed E-state index contributed by atoms with van der Waals surface area (Å²) in [5.74, 6) is 0. The number of benzene rings is 1. The minimum atomic E-state index is 0.502. The monoisotopic (exact) mass is 185 g/mol. The van der Waals surface area contributed by atoms with Crippen LogP contribution in [-0.2, 0) is 0 Å². The average Bonchev–Trinajstić information content (AvgIpc) is 2.30. The van der Waals surface area contributed by atoms with Gasteiger partial charge < -0.3 is 4.90 Å². The van der Waals surface area contributed by atoms with Gasteiger partial charge in [-0.3, -0.25) is 0 Å². The molecule has 0 saturated carbocycles. The van der Waals surface area contributed by atoms with Crippen LogP contribution in [0.2, 0.25) is 0 Å². The molecule has 1 unspecified atom stereocenters. The van der Waals surface area contributed by atoms with Crippen molar-refractivity contribution in [1.82, 2.24) is 0 Å². The maximum Gasteiger partial charge on any atom is 0.0507 e. The van der Waals surface area contributed by atoms with Crippen molar-refractivity contribution in [3.8, 4) is 0 Å². The molecule has 1 aliphatic rings. The number of nitrogens with zero attached hydrogens (tertiary/aromatic N) is 1. The van der Waals surface area contributed by atoms with Crippen molar-refractivity contribution in [2.75, 3.05) is 11.9 Å². The van der Waals surface area contributed by atoms with E-state index in [0.717, 1.165) is 6.42 Å². The molecule has 0 N–H and O–H groups in total. The second-order valence-electron chi connectivity index (χ2n) is 3.56. The molecule has 0 amide bonds. The van der Waals surface area contributed by atoms with Crippen LogP contribution in [0.1, 0.15) is 6.42 Å². The molecule has 14 heavy (non-hydrogen) atoms. The molecule has 1 aromatic carbocycles. The summed E-state index contributed by atoms with van der Waals surface area (Å²) >= 11 is 0. The van der Waals surface area contributed by atoms with Crippen LogP contribution in [0, 0.1) is 0 Å². The fourth-order valence-corrected chi connectivity index (χ4v) is 1.71. The van der Waals surface area contributed by atoms with Crippen LogP contribution in [0.15, 0.2) is 54.6 Å². The standard InChI is InChI=1S/C13H15N/c1-14(12-8-4-2-5-9-12)13-10-6-3-7-11-13/h2-10,13H,11H2,1H3. The Morgan fingerprint density at radius 3 is 2.57 bits per heavy atom. The predicted octanol–water partition coefficient (Wildman–Crippen LogP) is 3.01. The highest BCUT2D eigenvalue weighted by molar-refractivity contribution is 5.47. The van der Waals surface area contributed by atoms with Crippen molar-refractivity contribution < 1.29 is 0 Å². The van der Waals surface area contributed by atoms with E-state index in [1.807, 2.05) is 6.07 Å². The number of likely N-dealkylation sites (N-methyl/N-ethyl adjacent to an activating group) is 1. The van der Waals surface area contributed by atoms with Gasteiger partial charge in [-0.25, -0.2) is 0 Å². The fourth-order valence-electron chi connectivity index (χ4n) is 1.71. The molecule has 0 spiro atoms. The molecular weight excluding hydrogens is 170 g/mol. The van der Waals surface area contributed by atoms with Gasteiger partial charge in [-0.05, 0) is 18.6 Å². The van der Waals surface area contributed by atoms with Gasteiger partial charge in [-0.2, -0.15) is 0 Å². The fraction of sp³-hybridized carbons (Fsp3) is 0.231. The summed E-state index contributed by atoms with van der Waals surface area (Å²) in [4.78, 5) is 2.31. The Balaban J connectivity index is 2.12.